The average molecular weight is 276 g/mol. The summed E-state index contributed by atoms with van der Waals surface area (Å²) in [4.78, 5) is 12.1. The van der Waals surface area contributed by atoms with E-state index >= 15 is 0 Å². The summed E-state index contributed by atoms with van der Waals surface area (Å²) in [5, 5.41) is 3.78. The lowest BCUT2D eigenvalue weighted by atomic mass is 10.1. The lowest BCUT2D eigenvalue weighted by Crippen LogP contribution is -2.48. The van der Waals surface area contributed by atoms with Crippen molar-refractivity contribution in [1.82, 2.24) is 5.01 Å². The standard InChI is InChI=1S/C16H24N2O2/c1-12-11-15(20-16(3,4)5)18(13(2)19)17(12)14-9-7-6-8-10-14/h6-10,12,15H,11H2,1-5H3. The number of hydrogen-bond donors (Lipinski definition) is 0. The van der Waals surface area contributed by atoms with Gasteiger partial charge in [-0.1, -0.05) is 18.2 Å². The van der Waals surface area contributed by atoms with Gasteiger partial charge >= 0.3 is 0 Å². The van der Waals surface area contributed by atoms with Crippen LogP contribution in [0.4, 0.5) is 5.69 Å². The van der Waals surface area contributed by atoms with E-state index in [1.54, 1.807) is 11.9 Å². The van der Waals surface area contributed by atoms with Crippen LogP contribution in [0.15, 0.2) is 30.3 Å². The molecular formula is C16H24N2O2. The van der Waals surface area contributed by atoms with Crippen LogP contribution in [-0.2, 0) is 9.53 Å². The Labute approximate surface area is 121 Å². The molecule has 4 nitrogen and oxygen atoms in total. The molecule has 1 aliphatic heterocycles. The van der Waals surface area contributed by atoms with E-state index < -0.39 is 0 Å². The highest BCUT2D eigenvalue weighted by atomic mass is 16.5. The van der Waals surface area contributed by atoms with Gasteiger partial charge in [0.1, 0.15) is 0 Å². The van der Waals surface area contributed by atoms with E-state index in [0.29, 0.717) is 0 Å². The minimum Gasteiger partial charge on any atom is -0.351 e. The number of carbonyl (C=O) groups excluding carboxylic acids is 1. The highest BCUT2D eigenvalue weighted by Gasteiger charge is 2.41. The fourth-order valence-corrected chi connectivity index (χ4v) is 2.66. The van der Waals surface area contributed by atoms with Crippen LogP contribution >= 0.6 is 0 Å². The van der Waals surface area contributed by atoms with Crippen molar-refractivity contribution in [3.05, 3.63) is 30.3 Å². The first-order chi connectivity index (χ1) is 9.29. The summed E-state index contributed by atoms with van der Waals surface area (Å²) in [5.41, 5.74) is 0.750. The number of anilines is 1. The van der Waals surface area contributed by atoms with Crippen LogP contribution in [0, 0.1) is 0 Å². The molecule has 4 heteroatoms. The van der Waals surface area contributed by atoms with Crippen molar-refractivity contribution in [3.63, 3.8) is 0 Å². The van der Waals surface area contributed by atoms with Crippen LogP contribution in [0.3, 0.4) is 0 Å². The van der Waals surface area contributed by atoms with E-state index in [9.17, 15) is 4.79 Å². The van der Waals surface area contributed by atoms with Crippen molar-refractivity contribution < 1.29 is 9.53 Å². The molecule has 2 rings (SSSR count). The summed E-state index contributed by atoms with van der Waals surface area (Å²) in [7, 11) is 0. The van der Waals surface area contributed by atoms with Gasteiger partial charge < -0.3 is 4.74 Å². The van der Waals surface area contributed by atoms with Crippen LogP contribution in [-0.4, -0.2) is 28.8 Å². The molecule has 0 aromatic heterocycles. The molecule has 1 aromatic rings. The van der Waals surface area contributed by atoms with Crippen LogP contribution in [0.2, 0.25) is 0 Å². The number of ether oxygens (including phenoxy) is 1. The number of nitrogens with zero attached hydrogens (tertiary/aromatic N) is 2. The lowest BCUT2D eigenvalue weighted by Gasteiger charge is -2.36. The minimum absolute atomic E-state index is 0.00690. The molecule has 2 atom stereocenters. The zero-order valence-electron chi connectivity index (χ0n) is 13.0. The molecule has 0 N–H and O–H groups in total. The Hall–Kier alpha value is -1.55. The highest BCUT2D eigenvalue weighted by molar-refractivity contribution is 5.76. The van der Waals surface area contributed by atoms with Gasteiger partial charge in [-0.2, -0.15) is 0 Å². The summed E-state index contributed by atoms with van der Waals surface area (Å²) in [5.74, 6) is 0.00690. The Kier molecular flexibility index (Phi) is 4.04. The van der Waals surface area contributed by atoms with Gasteiger partial charge in [-0.3, -0.25) is 9.80 Å². The maximum Gasteiger partial charge on any atom is 0.240 e. The maximum absolute atomic E-state index is 12.1. The normalized spacial score (nSPS) is 23.2. The number of hydrazine groups is 1. The Morgan fingerprint density at radius 2 is 1.85 bits per heavy atom. The molecule has 1 saturated heterocycles. The molecule has 1 fully saturated rings. The first-order valence-corrected chi connectivity index (χ1v) is 7.11. The summed E-state index contributed by atoms with van der Waals surface area (Å²) in [6.07, 6.45) is 0.605. The summed E-state index contributed by atoms with van der Waals surface area (Å²) >= 11 is 0. The average Bonchev–Trinajstić information content (AvgIpc) is 2.64. The molecule has 20 heavy (non-hydrogen) atoms. The fraction of sp³-hybridized carbons (Fsp3) is 0.562. The van der Waals surface area contributed by atoms with Crippen LogP contribution in [0.1, 0.15) is 41.0 Å². The molecule has 0 saturated carbocycles. The van der Waals surface area contributed by atoms with Gasteiger partial charge in [0.05, 0.1) is 17.3 Å². The number of para-hydroxylation sites is 1. The number of rotatable bonds is 2. The van der Waals surface area contributed by atoms with E-state index in [-0.39, 0.29) is 23.8 Å². The van der Waals surface area contributed by atoms with E-state index in [1.165, 1.54) is 0 Å². The molecule has 1 aromatic carbocycles. The molecule has 0 spiro atoms. The van der Waals surface area contributed by atoms with Gasteiger partial charge in [0.15, 0.2) is 6.23 Å². The Balaban J connectivity index is 2.30. The number of carbonyl (C=O) groups is 1. The van der Waals surface area contributed by atoms with Gasteiger partial charge in [-0.25, -0.2) is 5.01 Å². The number of amides is 1. The van der Waals surface area contributed by atoms with E-state index in [1.807, 2.05) is 56.1 Å². The molecule has 1 heterocycles. The van der Waals surface area contributed by atoms with Crippen molar-refractivity contribution in [2.45, 2.75) is 58.9 Å². The monoisotopic (exact) mass is 276 g/mol. The first kappa shape index (κ1) is 14.9. The quantitative estimate of drug-likeness (QED) is 0.831. The largest absolute Gasteiger partial charge is 0.351 e. The fourth-order valence-electron chi connectivity index (χ4n) is 2.66. The smallest absolute Gasteiger partial charge is 0.240 e. The Morgan fingerprint density at radius 3 is 2.35 bits per heavy atom. The molecule has 2 unspecified atom stereocenters. The predicted molar refractivity (Wildman–Crippen MR) is 80.1 cm³/mol. The molecule has 110 valence electrons. The minimum atomic E-state index is -0.273. The van der Waals surface area contributed by atoms with Crippen molar-refractivity contribution in [2.24, 2.45) is 0 Å². The van der Waals surface area contributed by atoms with E-state index in [4.69, 9.17) is 4.74 Å². The summed E-state index contributed by atoms with van der Waals surface area (Å²) in [6.45, 7) is 9.76. The van der Waals surface area contributed by atoms with Crippen LogP contribution in [0.5, 0.6) is 0 Å². The third-order valence-electron chi connectivity index (χ3n) is 3.30. The van der Waals surface area contributed by atoms with E-state index in [2.05, 4.69) is 6.92 Å². The topological polar surface area (TPSA) is 32.8 Å². The highest BCUT2D eigenvalue weighted by Crippen LogP contribution is 2.33. The SMILES string of the molecule is CC(=O)N1C(OC(C)(C)C)CC(C)N1c1ccccc1. The van der Waals surface area contributed by atoms with Crippen molar-refractivity contribution in [2.75, 3.05) is 5.01 Å². The molecule has 1 aliphatic rings. The predicted octanol–water partition coefficient (Wildman–Crippen LogP) is 3.19. The van der Waals surface area contributed by atoms with Crippen LogP contribution < -0.4 is 5.01 Å². The van der Waals surface area contributed by atoms with Crippen molar-refractivity contribution >= 4 is 11.6 Å². The van der Waals surface area contributed by atoms with Crippen LogP contribution in [0.25, 0.3) is 0 Å². The number of hydrogen-bond acceptors (Lipinski definition) is 3. The second kappa shape index (κ2) is 5.44. The van der Waals surface area contributed by atoms with Gasteiger partial charge in [0.2, 0.25) is 5.91 Å². The third kappa shape index (κ3) is 3.12. The second-order valence-corrected chi connectivity index (χ2v) is 6.31. The number of benzene rings is 1. The van der Waals surface area contributed by atoms with Gasteiger partial charge in [0, 0.05) is 13.3 Å². The second-order valence-electron chi connectivity index (χ2n) is 6.31. The van der Waals surface area contributed by atoms with E-state index in [0.717, 1.165) is 12.1 Å². The molecule has 0 aliphatic carbocycles. The van der Waals surface area contributed by atoms with Gasteiger partial charge in [0.25, 0.3) is 0 Å². The Morgan fingerprint density at radius 1 is 1.25 bits per heavy atom. The first-order valence-electron chi connectivity index (χ1n) is 7.11. The molecular weight excluding hydrogens is 252 g/mol. The summed E-state index contributed by atoms with van der Waals surface area (Å²) in [6, 6.07) is 10.2. The van der Waals surface area contributed by atoms with Crippen molar-refractivity contribution in [3.8, 4) is 0 Å². The lowest BCUT2D eigenvalue weighted by molar-refractivity contribution is -0.153. The summed E-state index contributed by atoms with van der Waals surface area (Å²) < 4.78 is 6.06. The zero-order valence-corrected chi connectivity index (χ0v) is 13.0. The van der Waals surface area contributed by atoms with Crippen molar-refractivity contribution in [1.29, 1.82) is 0 Å². The third-order valence-corrected chi connectivity index (χ3v) is 3.30. The van der Waals surface area contributed by atoms with Gasteiger partial charge in [-0.15, -0.1) is 0 Å². The maximum atomic E-state index is 12.1. The molecule has 1 amide bonds. The molecule has 0 radical (unpaired) electrons. The molecule has 0 bridgehead atoms. The Bertz CT molecular complexity index is 467. The van der Waals surface area contributed by atoms with Gasteiger partial charge in [-0.05, 0) is 39.8 Å². The zero-order chi connectivity index (χ0) is 14.9.